The molecule has 0 radical (unpaired) electrons. The van der Waals surface area contributed by atoms with Crippen molar-refractivity contribution in [3.05, 3.63) is 0 Å². The Hall–Kier alpha value is -0.0800. The average Bonchev–Trinajstić information content (AvgIpc) is 3.02. The first-order valence-corrected chi connectivity index (χ1v) is 13.1. The fourth-order valence-corrected chi connectivity index (χ4v) is 9.35. The molecule has 4 saturated carbocycles. The molecule has 168 valence electrons. The highest BCUT2D eigenvalue weighted by atomic mass is 16.3. The topological polar surface area (TPSA) is 40.5 Å². The average molecular weight is 405 g/mol. The molecular formula is C27H48O2. The van der Waals surface area contributed by atoms with E-state index in [1.54, 1.807) is 0 Å². The lowest BCUT2D eigenvalue weighted by Gasteiger charge is -2.62. The minimum absolute atomic E-state index is 0.0527. The smallest absolute Gasteiger partial charge is 0.0857 e. The number of rotatable bonds is 5. The van der Waals surface area contributed by atoms with Crippen molar-refractivity contribution in [3.8, 4) is 0 Å². The van der Waals surface area contributed by atoms with Gasteiger partial charge in [-0.05, 0) is 98.2 Å². The fraction of sp³-hybridized carbons (Fsp3) is 1.00. The van der Waals surface area contributed by atoms with Gasteiger partial charge in [-0.25, -0.2) is 0 Å². The molecule has 0 saturated heterocycles. The van der Waals surface area contributed by atoms with Crippen LogP contribution in [0.15, 0.2) is 0 Å². The SMILES string of the molecule is CC(C)CCC[C@@H](C)[C@@H]1CC[C@@H]2[C@@H]3CC[C@H]4CC[C@H](O)[C@H](O)[C@]4(C)[C@@H]3CC[C@]21C. The molecule has 0 aliphatic heterocycles. The van der Waals surface area contributed by atoms with Crippen molar-refractivity contribution in [3.63, 3.8) is 0 Å². The molecule has 2 nitrogen and oxygen atoms in total. The van der Waals surface area contributed by atoms with Gasteiger partial charge in [-0.2, -0.15) is 0 Å². The number of aliphatic hydroxyl groups excluding tert-OH is 2. The summed E-state index contributed by atoms with van der Waals surface area (Å²) in [5, 5.41) is 21.6. The zero-order valence-corrected chi connectivity index (χ0v) is 19.9. The van der Waals surface area contributed by atoms with Crippen molar-refractivity contribution in [2.24, 2.45) is 52.3 Å². The van der Waals surface area contributed by atoms with Crippen molar-refractivity contribution >= 4 is 0 Å². The second-order valence-electron chi connectivity index (χ2n) is 12.6. The van der Waals surface area contributed by atoms with E-state index in [9.17, 15) is 10.2 Å². The highest BCUT2D eigenvalue weighted by Gasteiger charge is 2.62. The summed E-state index contributed by atoms with van der Waals surface area (Å²) in [4.78, 5) is 0. The van der Waals surface area contributed by atoms with Gasteiger partial charge in [-0.3, -0.25) is 0 Å². The molecule has 10 atom stereocenters. The Morgan fingerprint density at radius 2 is 1.55 bits per heavy atom. The Morgan fingerprint density at radius 3 is 2.28 bits per heavy atom. The van der Waals surface area contributed by atoms with E-state index < -0.39 is 12.2 Å². The first kappa shape index (κ1) is 22.1. The van der Waals surface area contributed by atoms with Crippen LogP contribution < -0.4 is 0 Å². The molecule has 0 aromatic rings. The van der Waals surface area contributed by atoms with Crippen LogP contribution in [0.3, 0.4) is 0 Å². The molecule has 0 aromatic heterocycles. The first-order valence-electron chi connectivity index (χ1n) is 13.1. The molecule has 4 aliphatic carbocycles. The summed E-state index contributed by atoms with van der Waals surface area (Å²) >= 11 is 0. The van der Waals surface area contributed by atoms with Gasteiger partial charge < -0.3 is 10.2 Å². The van der Waals surface area contributed by atoms with E-state index in [2.05, 4.69) is 34.6 Å². The third kappa shape index (κ3) is 3.53. The van der Waals surface area contributed by atoms with Crippen LogP contribution >= 0.6 is 0 Å². The van der Waals surface area contributed by atoms with E-state index in [1.165, 1.54) is 57.8 Å². The summed E-state index contributed by atoms with van der Waals surface area (Å²) in [6.07, 6.45) is 13.2. The molecule has 4 aliphatic rings. The molecule has 2 heteroatoms. The van der Waals surface area contributed by atoms with E-state index in [0.717, 1.165) is 42.4 Å². The molecule has 4 rings (SSSR count). The highest BCUT2D eigenvalue weighted by Crippen LogP contribution is 2.68. The van der Waals surface area contributed by atoms with Gasteiger partial charge in [-0.1, -0.05) is 53.9 Å². The maximum Gasteiger partial charge on any atom is 0.0857 e. The van der Waals surface area contributed by atoms with E-state index >= 15 is 0 Å². The van der Waals surface area contributed by atoms with Crippen molar-refractivity contribution < 1.29 is 10.2 Å². The standard InChI is InChI=1S/C27H48O2/c1-17(2)7-6-8-18(3)21-12-13-22-20-11-9-19-10-14-24(28)25(29)27(19,5)23(20)15-16-26(21,22)4/h17-25,28-29H,6-16H2,1-5H3/t18-,19+,20+,21+,22-,23-,24+,25+,26+,27+/m1/s1. The number of aliphatic hydroxyl groups is 2. The summed E-state index contributed by atoms with van der Waals surface area (Å²) in [5.74, 6) is 5.46. The second-order valence-corrected chi connectivity index (χ2v) is 12.6. The molecule has 0 aromatic carbocycles. The second kappa shape index (κ2) is 8.12. The molecule has 0 bridgehead atoms. The lowest BCUT2D eigenvalue weighted by Crippen LogP contribution is -2.60. The predicted octanol–water partition coefficient (Wildman–Crippen LogP) is 6.44. The number of hydrogen-bond acceptors (Lipinski definition) is 2. The first-order chi connectivity index (χ1) is 13.7. The van der Waals surface area contributed by atoms with Gasteiger partial charge in [0.2, 0.25) is 0 Å². The van der Waals surface area contributed by atoms with Gasteiger partial charge in [0, 0.05) is 5.41 Å². The minimum Gasteiger partial charge on any atom is -0.390 e. The molecule has 0 heterocycles. The lowest BCUT2D eigenvalue weighted by molar-refractivity contribution is -0.196. The maximum absolute atomic E-state index is 11.1. The highest BCUT2D eigenvalue weighted by molar-refractivity contribution is 5.12. The van der Waals surface area contributed by atoms with Crippen LogP contribution in [-0.4, -0.2) is 22.4 Å². The van der Waals surface area contributed by atoms with E-state index in [-0.39, 0.29) is 5.41 Å². The quantitative estimate of drug-likeness (QED) is 0.553. The van der Waals surface area contributed by atoms with E-state index in [0.29, 0.717) is 17.3 Å². The molecule has 29 heavy (non-hydrogen) atoms. The van der Waals surface area contributed by atoms with Crippen molar-refractivity contribution in [1.82, 2.24) is 0 Å². The number of fused-ring (bicyclic) bond motifs is 5. The summed E-state index contributed by atoms with van der Waals surface area (Å²) in [5.41, 5.74) is 0.461. The Bertz CT molecular complexity index is 569. The third-order valence-electron chi connectivity index (χ3n) is 11.0. The van der Waals surface area contributed by atoms with Crippen LogP contribution in [0.4, 0.5) is 0 Å². The molecule has 0 unspecified atom stereocenters. The monoisotopic (exact) mass is 404 g/mol. The van der Waals surface area contributed by atoms with Crippen molar-refractivity contribution in [2.75, 3.05) is 0 Å². The van der Waals surface area contributed by atoms with Crippen LogP contribution in [0, 0.1) is 52.3 Å². The van der Waals surface area contributed by atoms with Gasteiger partial charge >= 0.3 is 0 Å². The minimum atomic E-state index is -0.509. The normalized spacial score (nSPS) is 50.7. The van der Waals surface area contributed by atoms with E-state index in [1.807, 2.05) is 0 Å². The molecule has 2 N–H and O–H groups in total. The van der Waals surface area contributed by atoms with Crippen molar-refractivity contribution in [2.45, 2.75) is 117 Å². The summed E-state index contributed by atoms with van der Waals surface area (Å²) < 4.78 is 0. The number of hydrogen-bond donors (Lipinski definition) is 2. The molecule has 4 fully saturated rings. The van der Waals surface area contributed by atoms with Crippen molar-refractivity contribution in [1.29, 1.82) is 0 Å². The zero-order chi connectivity index (χ0) is 21.0. The van der Waals surface area contributed by atoms with Crippen LogP contribution in [0.1, 0.15) is 105 Å². The van der Waals surface area contributed by atoms with Gasteiger partial charge in [0.25, 0.3) is 0 Å². The largest absolute Gasteiger partial charge is 0.390 e. The van der Waals surface area contributed by atoms with Crippen LogP contribution in [0.2, 0.25) is 0 Å². The zero-order valence-electron chi connectivity index (χ0n) is 19.9. The van der Waals surface area contributed by atoms with Crippen LogP contribution in [0.25, 0.3) is 0 Å². The Labute approximate surface area is 180 Å². The fourth-order valence-electron chi connectivity index (χ4n) is 9.35. The third-order valence-corrected chi connectivity index (χ3v) is 11.0. The van der Waals surface area contributed by atoms with E-state index in [4.69, 9.17) is 0 Å². The maximum atomic E-state index is 11.1. The van der Waals surface area contributed by atoms with Gasteiger partial charge in [0.15, 0.2) is 0 Å². The molecular weight excluding hydrogens is 356 g/mol. The molecule has 0 amide bonds. The summed E-state index contributed by atoms with van der Waals surface area (Å²) in [6.45, 7) is 12.2. The van der Waals surface area contributed by atoms with Gasteiger partial charge in [-0.15, -0.1) is 0 Å². The summed E-state index contributed by atoms with van der Waals surface area (Å²) in [7, 11) is 0. The Balaban J connectivity index is 1.50. The predicted molar refractivity (Wildman–Crippen MR) is 120 cm³/mol. The van der Waals surface area contributed by atoms with Crippen LogP contribution in [0.5, 0.6) is 0 Å². The molecule has 0 spiro atoms. The van der Waals surface area contributed by atoms with Crippen LogP contribution in [-0.2, 0) is 0 Å². The summed E-state index contributed by atoms with van der Waals surface area (Å²) in [6, 6.07) is 0. The Morgan fingerprint density at radius 1 is 0.828 bits per heavy atom. The van der Waals surface area contributed by atoms with Gasteiger partial charge in [0.05, 0.1) is 12.2 Å². The Kier molecular flexibility index (Phi) is 6.19. The van der Waals surface area contributed by atoms with Gasteiger partial charge in [0.1, 0.15) is 0 Å². The lowest BCUT2D eigenvalue weighted by atomic mass is 9.43.